The zero-order chi connectivity index (χ0) is 15.3. The van der Waals surface area contributed by atoms with Gasteiger partial charge in [0.05, 0.1) is 0 Å². The van der Waals surface area contributed by atoms with Crippen LogP contribution in [0, 0.1) is 11.8 Å². The van der Waals surface area contributed by atoms with Gasteiger partial charge in [0.2, 0.25) is 0 Å². The minimum absolute atomic E-state index is 0.143. The molecule has 116 valence electrons. The second-order valence-corrected chi connectivity index (χ2v) is 4.62. The minimum atomic E-state index is -5.29. The van der Waals surface area contributed by atoms with E-state index in [9.17, 15) is 26.3 Å². The summed E-state index contributed by atoms with van der Waals surface area (Å²) in [5, 5.41) is 2.44. The van der Waals surface area contributed by atoms with Crippen molar-refractivity contribution in [2.45, 2.75) is 58.4 Å². The van der Waals surface area contributed by atoms with E-state index in [0.29, 0.717) is 6.42 Å². The summed E-state index contributed by atoms with van der Waals surface area (Å²) >= 11 is 0. The average Bonchev–Trinajstić information content (AvgIpc) is 2.23. The highest BCUT2D eigenvalue weighted by atomic mass is 19.4. The topological polar surface area (TPSA) is 12.0 Å². The van der Waals surface area contributed by atoms with Crippen molar-refractivity contribution in [1.82, 2.24) is 5.32 Å². The smallest absolute Gasteiger partial charge is 0.313 e. The van der Waals surface area contributed by atoms with Crippen LogP contribution in [0.1, 0.15) is 40.0 Å². The van der Waals surface area contributed by atoms with Gasteiger partial charge in [0.1, 0.15) is 0 Å². The summed E-state index contributed by atoms with van der Waals surface area (Å²) in [6.45, 7) is 5.06. The molecule has 1 unspecified atom stereocenters. The third kappa shape index (κ3) is 5.58. The van der Waals surface area contributed by atoms with Crippen LogP contribution in [0.5, 0.6) is 0 Å². The monoisotopic (exact) mass is 293 g/mol. The Morgan fingerprint density at radius 1 is 0.842 bits per heavy atom. The van der Waals surface area contributed by atoms with Crippen LogP contribution in [0.4, 0.5) is 26.3 Å². The number of alkyl halides is 6. The Balaban J connectivity index is 5.35. The summed E-state index contributed by atoms with van der Waals surface area (Å²) < 4.78 is 76.6. The first-order valence-electron chi connectivity index (χ1n) is 6.46. The van der Waals surface area contributed by atoms with Crippen molar-refractivity contribution in [3.63, 3.8) is 0 Å². The Labute approximate surface area is 109 Å². The fourth-order valence-electron chi connectivity index (χ4n) is 2.26. The van der Waals surface area contributed by atoms with E-state index in [-0.39, 0.29) is 19.4 Å². The van der Waals surface area contributed by atoms with Gasteiger partial charge in [-0.15, -0.1) is 0 Å². The van der Waals surface area contributed by atoms with E-state index >= 15 is 0 Å². The van der Waals surface area contributed by atoms with Crippen LogP contribution in [0.2, 0.25) is 0 Å². The molecule has 0 fully saturated rings. The van der Waals surface area contributed by atoms with Gasteiger partial charge in [0.25, 0.3) is 0 Å². The molecule has 0 aliphatic rings. The standard InChI is InChI=1S/C12H21F6N/c1-4-7-19-9(8(5-2)6-3)10(11(13,14)15)12(16,17)18/h8-10,19H,4-7H2,1-3H3. The molecular weight excluding hydrogens is 272 g/mol. The van der Waals surface area contributed by atoms with Crippen LogP contribution in [-0.4, -0.2) is 24.9 Å². The Hall–Kier alpha value is -0.460. The van der Waals surface area contributed by atoms with E-state index in [0.717, 1.165) is 0 Å². The third-order valence-electron chi connectivity index (χ3n) is 3.25. The van der Waals surface area contributed by atoms with Gasteiger partial charge in [0, 0.05) is 6.04 Å². The molecule has 0 saturated heterocycles. The molecule has 0 aromatic heterocycles. The van der Waals surface area contributed by atoms with Gasteiger partial charge in [0.15, 0.2) is 5.92 Å². The van der Waals surface area contributed by atoms with Gasteiger partial charge < -0.3 is 5.32 Å². The molecule has 0 radical (unpaired) electrons. The van der Waals surface area contributed by atoms with E-state index in [4.69, 9.17) is 0 Å². The lowest BCUT2D eigenvalue weighted by Gasteiger charge is -2.36. The molecule has 1 N–H and O–H groups in total. The first-order chi connectivity index (χ1) is 8.59. The lowest BCUT2D eigenvalue weighted by atomic mass is 9.83. The van der Waals surface area contributed by atoms with Gasteiger partial charge in [-0.25, -0.2) is 0 Å². The molecule has 0 aromatic carbocycles. The number of nitrogens with one attached hydrogen (secondary N) is 1. The summed E-state index contributed by atoms with van der Waals surface area (Å²) in [6, 6.07) is -1.62. The van der Waals surface area contributed by atoms with Crippen molar-refractivity contribution < 1.29 is 26.3 Å². The van der Waals surface area contributed by atoms with Gasteiger partial charge in [-0.05, 0) is 18.9 Å². The normalized spacial score (nSPS) is 15.3. The quantitative estimate of drug-likeness (QED) is 0.680. The summed E-state index contributed by atoms with van der Waals surface area (Å²) in [4.78, 5) is 0. The fraction of sp³-hybridized carbons (Fsp3) is 1.00. The van der Waals surface area contributed by atoms with E-state index in [1.807, 2.05) is 0 Å². The third-order valence-corrected chi connectivity index (χ3v) is 3.25. The van der Waals surface area contributed by atoms with Crippen molar-refractivity contribution in [2.24, 2.45) is 11.8 Å². The molecule has 19 heavy (non-hydrogen) atoms. The molecule has 0 aromatic rings. The predicted molar refractivity (Wildman–Crippen MR) is 61.8 cm³/mol. The Morgan fingerprint density at radius 2 is 1.26 bits per heavy atom. The van der Waals surface area contributed by atoms with Gasteiger partial charge >= 0.3 is 12.4 Å². The molecule has 0 saturated carbocycles. The predicted octanol–water partition coefficient (Wildman–Crippen LogP) is 4.53. The van der Waals surface area contributed by atoms with E-state index in [2.05, 4.69) is 5.32 Å². The van der Waals surface area contributed by atoms with E-state index < -0.39 is 30.2 Å². The lowest BCUT2D eigenvalue weighted by molar-refractivity contribution is -0.295. The highest BCUT2D eigenvalue weighted by molar-refractivity contribution is 4.90. The van der Waals surface area contributed by atoms with Crippen LogP contribution in [0.15, 0.2) is 0 Å². The van der Waals surface area contributed by atoms with Gasteiger partial charge in [-0.2, -0.15) is 26.3 Å². The number of hydrogen-bond donors (Lipinski definition) is 1. The molecule has 0 heterocycles. The van der Waals surface area contributed by atoms with E-state index in [1.54, 1.807) is 20.8 Å². The van der Waals surface area contributed by atoms with Crippen molar-refractivity contribution in [3.8, 4) is 0 Å². The summed E-state index contributed by atoms with van der Waals surface area (Å²) in [7, 11) is 0. The Morgan fingerprint density at radius 3 is 1.53 bits per heavy atom. The molecule has 0 aliphatic heterocycles. The largest absolute Gasteiger partial charge is 0.402 e. The molecule has 0 rings (SSSR count). The van der Waals surface area contributed by atoms with Crippen LogP contribution >= 0.6 is 0 Å². The maximum Gasteiger partial charge on any atom is 0.402 e. The van der Waals surface area contributed by atoms with Crippen LogP contribution < -0.4 is 5.32 Å². The molecule has 7 heteroatoms. The molecule has 1 nitrogen and oxygen atoms in total. The van der Waals surface area contributed by atoms with Crippen LogP contribution in [-0.2, 0) is 0 Å². The summed E-state index contributed by atoms with van der Waals surface area (Å²) in [5.74, 6) is -3.96. The molecule has 0 amide bonds. The lowest BCUT2D eigenvalue weighted by Crippen LogP contribution is -2.54. The van der Waals surface area contributed by atoms with Gasteiger partial charge in [-0.3, -0.25) is 0 Å². The molecule has 0 bridgehead atoms. The fourth-order valence-corrected chi connectivity index (χ4v) is 2.26. The first-order valence-corrected chi connectivity index (χ1v) is 6.46. The van der Waals surface area contributed by atoms with Gasteiger partial charge in [-0.1, -0.05) is 33.6 Å². The first kappa shape index (κ1) is 18.5. The van der Waals surface area contributed by atoms with Crippen molar-refractivity contribution in [1.29, 1.82) is 0 Å². The maximum atomic E-state index is 12.8. The minimum Gasteiger partial charge on any atom is -0.313 e. The zero-order valence-electron chi connectivity index (χ0n) is 11.3. The Bertz CT molecular complexity index is 230. The number of halogens is 6. The highest BCUT2D eigenvalue weighted by Crippen LogP contribution is 2.44. The van der Waals surface area contributed by atoms with Crippen molar-refractivity contribution in [3.05, 3.63) is 0 Å². The summed E-state index contributed by atoms with van der Waals surface area (Å²) in [5.41, 5.74) is 0. The Kier molecular flexibility index (Phi) is 7.18. The molecular formula is C12H21F6N. The second-order valence-electron chi connectivity index (χ2n) is 4.62. The highest BCUT2D eigenvalue weighted by Gasteiger charge is 2.60. The second kappa shape index (κ2) is 7.36. The molecule has 0 spiro atoms. The average molecular weight is 293 g/mol. The van der Waals surface area contributed by atoms with E-state index in [1.165, 1.54) is 0 Å². The maximum absolute atomic E-state index is 12.8. The van der Waals surface area contributed by atoms with Crippen LogP contribution in [0.25, 0.3) is 0 Å². The van der Waals surface area contributed by atoms with Crippen LogP contribution in [0.3, 0.4) is 0 Å². The molecule has 0 aliphatic carbocycles. The number of hydrogen-bond acceptors (Lipinski definition) is 1. The summed E-state index contributed by atoms with van der Waals surface area (Å²) in [6.07, 6.45) is -9.53. The molecule has 1 atom stereocenters. The number of rotatable bonds is 7. The van der Waals surface area contributed by atoms with Crippen molar-refractivity contribution in [2.75, 3.05) is 6.54 Å². The zero-order valence-corrected chi connectivity index (χ0v) is 11.3. The SMILES string of the molecule is CCCNC(C(CC)CC)C(C(F)(F)F)C(F)(F)F. The van der Waals surface area contributed by atoms with Crippen molar-refractivity contribution >= 4 is 0 Å².